The molecule has 170 valence electrons. The van der Waals surface area contributed by atoms with Gasteiger partial charge in [-0.15, -0.1) is 24.0 Å². The highest BCUT2D eigenvalue weighted by Gasteiger charge is 2.13. The number of nitrogens with one attached hydrogen (secondary N) is 2. The molecule has 0 saturated heterocycles. The number of hydrogen-bond acceptors (Lipinski definition) is 5. The number of ether oxygens (including phenoxy) is 4. The molecule has 0 radical (unpaired) electrons. The molecule has 0 amide bonds. The van der Waals surface area contributed by atoms with Gasteiger partial charge < -0.3 is 29.6 Å². The van der Waals surface area contributed by atoms with Crippen LogP contribution in [0.4, 0.5) is 14.5 Å². The molecule has 1 aliphatic heterocycles. The highest BCUT2D eigenvalue weighted by Crippen LogP contribution is 2.32. The predicted molar refractivity (Wildman–Crippen MR) is 126 cm³/mol. The molecule has 1 aliphatic rings. The zero-order valence-electron chi connectivity index (χ0n) is 17.3. The summed E-state index contributed by atoms with van der Waals surface area (Å²) in [7, 11) is 1.66. The molecule has 0 aromatic heterocycles. The molecule has 1 heterocycles. The Labute approximate surface area is 197 Å². The first-order valence-corrected chi connectivity index (χ1v) is 9.67. The van der Waals surface area contributed by atoms with Crippen LogP contribution < -0.4 is 29.6 Å². The summed E-state index contributed by atoms with van der Waals surface area (Å²) < 4.78 is 46.3. The second kappa shape index (κ2) is 12.4. The van der Waals surface area contributed by atoms with Crippen molar-refractivity contribution in [1.82, 2.24) is 5.32 Å². The number of fused-ring (bicyclic) bond motifs is 1. The number of aliphatic imine (C=N–C) groups is 1. The van der Waals surface area contributed by atoms with Gasteiger partial charge in [-0.1, -0.05) is 6.07 Å². The number of rotatable bonds is 7. The minimum Gasteiger partial charge on any atom is -0.490 e. The molecule has 2 N–H and O–H groups in total. The average Bonchev–Trinajstić information content (AvgIpc) is 2.97. The molecule has 2 aromatic carbocycles. The van der Waals surface area contributed by atoms with Crippen molar-refractivity contribution in [2.24, 2.45) is 4.99 Å². The van der Waals surface area contributed by atoms with Gasteiger partial charge in [0.25, 0.3) is 0 Å². The summed E-state index contributed by atoms with van der Waals surface area (Å²) in [6, 6.07) is 10.4. The molecule has 0 saturated carbocycles. The van der Waals surface area contributed by atoms with Crippen LogP contribution in [0.1, 0.15) is 18.9 Å². The number of alkyl halides is 2. The van der Waals surface area contributed by atoms with Gasteiger partial charge in [-0.3, -0.25) is 4.99 Å². The van der Waals surface area contributed by atoms with E-state index in [-0.39, 0.29) is 35.5 Å². The van der Waals surface area contributed by atoms with Crippen molar-refractivity contribution >= 4 is 35.6 Å². The van der Waals surface area contributed by atoms with Crippen molar-refractivity contribution in [1.29, 1.82) is 0 Å². The van der Waals surface area contributed by atoms with Crippen LogP contribution in [0.3, 0.4) is 0 Å². The molecule has 0 spiro atoms. The number of guanidine groups is 1. The molecule has 10 heteroatoms. The fourth-order valence-electron chi connectivity index (χ4n) is 2.87. The van der Waals surface area contributed by atoms with Crippen LogP contribution in [0.2, 0.25) is 0 Å². The van der Waals surface area contributed by atoms with Crippen LogP contribution >= 0.6 is 24.0 Å². The van der Waals surface area contributed by atoms with E-state index in [2.05, 4.69) is 20.4 Å². The number of anilines is 1. The fraction of sp³-hybridized carbons (Fsp3) is 0.381. The van der Waals surface area contributed by atoms with E-state index in [9.17, 15) is 8.78 Å². The summed E-state index contributed by atoms with van der Waals surface area (Å²) in [6.45, 7) is 0.845. The molecular weight excluding hydrogens is 523 g/mol. The predicted octanol–water partition coefficient (Wildman–Crippen LogP) is 4.65. The zero-order chi connectivity index (χ0) is 21.3. The average molecular weight is 549 g/mol. The van der Waals surface area contributed by atoms with Gasteiger partial charge in [-0.05, 0) is 36.8 Å². The zero-order valence-corrected chi connectivity index (χ0v) is 19.7. The number of nitrogens with zero attached hydrogens (tertiary/aromatic N) is 1. The Bertz CT molecular complexity index is 884. The molecule has 0 aliphatic carbocycles. The molecular formula is C21H26F2IN3O4. The molecule has 2 aromatic rings. The smallest absolute Gasteiger partial charge is 0.387 e. The van der Waals surface area contributed by atoms with Gasteiger partial charge in [0.15, 0.2) is 29.0 Å². The monoisotopic (exact) mass is 549 g/mol. The fourth-order valence-corrected chi connectivity index (χ4v) is 2.87. The van der Waals surface area contributed by atoms with Crippen LogP contribution in [0.5, 0.6) is 23.0 Å². The van der Waals surface area contributed by atoms with E-state index in [0.717, 1.165) is 23.4 Å². The van der Waals surface area contributed by atoms with Gasteiger partial charge in [0, 0.05) is 31.8 Å². The van der Waals surface area contributed by atoms with Crippen LogP contribution in [-0.4, -0.2) is 39.4 Å². The van der Waals surface area contributed by atoms with E-state index in [4.69, 9.17) is 14.2 Å². The Kier molecular flexibility index (Phi) is 9.89. The third-order valence-electron chi connectivity index (χ3n) is 4.22. The Balaban J connectivity index is 0.00000341. The molecule has 3 rings (SSSR count). The Morgan fingerprint density at radius 3 is 2.58 bits per heavy atom. The third kappa shape index (κ3) is 7.30. The van der Waals surface area contributed by atoms with Crippen molar-refractivity contribution in [2.45, 2.75) is 26.5 Å². The van der Waals surface area contributed by atoms with Gasteiger partial charge in [-0.2, -0.15) is 8.78 Å². The quantitative estimate of drug-likeness (QED) is 0.298. The van der Waals surface area contributed by atoms with E-state index in [1.807, 2.05) is 18.2 Å². The van der Waals surface area contributed by atoms with Crippen LogP contribution in [0, 0.1) is 0 Å². The summed E-state index contributed by atoms with van der Waals surface area (Å²) in [5.41, 5.74) is 1.62. The Morgan fingerprint density at radius 2 is 1.87 bits per heavy atom. The molecule has 0 fully saturated rings. The molecule has 7 nitrogen and oxygen atoms in total. The van der Waals surface area contributed by atoms with Gasteiger partial charge in [0.2, 0.25) is 0 Å². The first-order chi connectivity index (χ1) is 14.6. The van der Waals surface area contributed by atoms with Gasteiger partial charge in [0.05, 0.1) is 19.8 Å². The molecule has 31 heavy (non-hydrogen) atoms. The lowest BCUT2D eigenvalue weighted by molar-refractivity contribution is -0.0514. The van der Waals surface area contributed by atoms with Crippen LogP contribution in [0.15, 0.2) is 41.4 Å². The van der Waals surface area contributed by atoms with Crippen molar-refractivity contribution in [3.8, 4) is 23.0 Å². The van der Waals surface area contributed by atoms with Gasteiger partial charge in [-0.25, -0.2) is 0 Å². The maximum Gasteiger partial charge on any atom is 0.387 e. The second-order valence-corrected chi connectivity index (χ2v) is 6.36. The van der Waals surface area contributed by atoms with E-state index < -0.39 is 6.61 Å². The topological polar surface area (TPSA) is 73.3 Å². The molecule has 0 atom stereocenters. The number of hydrogen-bond donors (Lipinski definition) is 2. The van der Waals surface area contributed by atoms with Crippen LogP contribution in [0.25, 0.3) is 0 Å². The van der Waals surface area contributed by atoms with Crippen molar-refractivity contribution in [3.05, 3.63) is 42.0 Å². The summed E-state index contributed by atoms with van der Waals surface area (Å²) in [5, 5.41) is 6.37. The normalized spacial score (nSPS) is 13.1. The lowest BCUT2D eigenvalue weighted by Crippen LogP contribution is -2.30. The van der Waals surface area contributed by atoms with Crippen LogP contribution in [-0.2, 0) is 6.54 Å². The Morgan fingerprint density at radius 1 is 1.10 bits per heavy atom. The number of halogens is 3. The maximum absolute atomic E-state index is 12.5. The second-order valence-electron chi connectivity index (χ2n) is 6.36. The van der Waals surface area contributed by atoms with Crippen molar-refractivity contribution in [2.75, 3.05) is 32.2 Å². The van der Waals surface area contributed by atoms with Crippen molar-refractivity contribution in [3.63, 3.8) is 0 Å². The summed E-state index contributed by atoms with van der Waals surface area (Å²) in [4.78, 5) is 4.21. The SMILES string of the molecule is CCOc1cc(CNC(=NC)Nc2ccc3c(c2)OCCCO3)ccc1OC(F)F.I. The Hall–Kier alpha value is -2.50. The third-order valence-corrected chi connectivity index (χ3v) is 4.22. The van der Waals surface area contributed by atoms with E-state index >= 15 is 0 Å². The molecule has 0 unspecified atom stereocenters. The minimum atomic E-state index is -2.91. The lowest BCUT2D eigenvalue weighted by Gasteiger charge is -2.15. The standard InChI is InChI=1S/C21H25F2N3O4.HI/c1-3-27-18-11-14(5-7-17(18)30-20(22)23)13-25-21(24-2)26-15-6-8-16-19(12-15)29-10-4-9-28-16;/h5-8,11-12,20H,3-4,9-10,13H2,1-2H3,(H2,24,25,26);1H. The minimum absolute atomic E-state index is 0. The van der Waals surface area contributed by atoms with E-state index in [1.165, 1.54) is 6.07 Å². The summed E-state index contributed by atoms with van der Waals surface area (Å²) in [5.74, 6) is 2.21. The first kappa shape index (κ1) is 24.8. The highest BCUT2D eigenvalue weighted by molar-refractivity contribution is 14.0. The summed E-state index contributed by atoms with van der Waals surface area (Å²) >= 11 is 0. The van der Waals surface area contributed by atoms with Crippen molar-refractivity contribution < 1.29 is 27.7 Å². The highest BCUT2D eigenvalue weighted by atomic mass is 127. The first-order valence-electron chi connectivity index (χ1n) is 9.67. The maximum atomic E-state index is 12.5. The van der Waals surface area contributed by atoms with Gasteiger partial charge >= 0.3 is 6.61 Å². The number of benzene rings is 2. The van der Waals surface area contributed by atoms with Gasteiger partial charge in [0.1, 0.15) is 0 Å². The van der Waals surface area contributed by atoms with E-state index in [0.29, 0.717) is 38.1 Å². The van der Waals surface area contributed by atoms with E-state index in [1.54, 1.807) is 26.1 Å². The lowest BCUT2D eigenvalue weighted by atomic mass is 10.2. The molecule has 0 bridgehead atoms. The largest absolute Gasteiger partial charge is 0.490 e. The summed E-state index contributed by atoms with van der Waals surface area (Å²) in [6.07, 6.45) is 0.839.